The molecule has 72 valence electrons. The van der Waals surface area contributed by atoms with Crippen LogP contribution in [0.4, 0.5) is 0 Å². The highest BCUT2D eigenvalue weighted by Crippen LogP contribution is 1.96. The van der Waals surface area contributed by atoms with Gasteiger partial charge in [-0.2, -0.15) is 5.10 Å². The second-order valence-electron chi connectivity index (χ2n) is 2.22. The van der Waals surface area contributed by atoms with Crippen molar-refractivity contribution in [1.82, 2.24) is 15.2 Å². The topological polar surface area (TPSA) is 113 Å². The van der Waals surface area contributed by atoms with Gasteiger partial charge in [0.05, 0.1) is 5.75 Å². The molecular formula is C5H7N3O4S. The van der Waals surface area contributed by atoms with Gasteiger partial charge in [-0.05, 0) is 0 Å². The van der Waals surface area contributed by atoms with Gasteiger partial charge in [0.25, 0.3) is 5.56 Å². The molecule has 0 radical (unpaired) electrons. The summed E-state index contributed by atoms with van der Waals surface area (Å²) in [4.78, 5) is 23.2. The van der Waals surface area contributed by atoms with Crippen LogP contribution in [-0.2, 0) is 9.84 Å². The van der Waals surface area contributed by atoms with E-state index in [1.165, 1.54) is 6.92 Å². The molecule has 0 fully saturated rings. The van der Waals surface area contributed by atoms with Crippen LogP contribution in [0.3, 0.4) is 0 Å². The normalized spacial score (nSPS) is 11.5. The van der Waals surface area contributed by atoms with Crippen LogP contribution in [0.1, 0.15) is 6.92 Å². The standard InChI is InChI=1S/C5H7N3O4S/c1-2-13(11,12)4-3(9)6-5(10)8-7-4/h2H2,1H3,(H2,6,8,9,10). The predicted molar refractivity (Wildman–Crippen MR) is 43.2 cm³/mol. The minimum atomic E-state index is -3.67. The summed E-state index contributed by atoms with van der Waals surface area (Å²) in [6.07, 6.45) is 0. The zero-order valence-electron chi connectivity index (χ0n) is 6.70. The Balaban J connectivity index is 3.51. The van der Waals surface area contributed by atoms with Crippen molar-refractivity contribution >= 4 is 9.84 Å². The fraction of sp³-hybridized carbons (Fsp3) is 0.400. The van der Waals surface area contributed by atoms with Crippen molar-refractivity contribution in [2.45, 2.75) is 11.9 Å². The molecule has 0 aromatic carbocycles. The number of nitrogens with one attached hydrogen (secondary N) is 2. The van der Waals surface area contributed by atoms with Crippen molar-refractivity contribution < 1.29 is 8.42 Å². The number of hydrogen-bond donors (Lipinski definition) is 2. The SMILES string of the molecule is CCS(=O)(=O)c1n[nH]c(=O)[nH]c1=O. The molecule has 0 saturated carbocycles. The van der Waals surface area contributed by atoms with Gasteiger partial charge in [-0.25, -0.2) is 18.3 Å². The van der Waals surface area contributed by atoms with E-state index in [0.717, 1.165) is 0 Å². The lowest BCUT2D eigenvalue weighted by Crippen LogP contribution is -2.29. The molecule has 0 aliphatic carbocycles. The fourth-order valence-corrected chi connectivity index (χ4v) is 1.48. The van der Waals surface area contributed by atoms with E-state index in [-0.39, 0.29) is 5.75 Å². The highest BCUT2D eigenvalue weighted by molar-refractivity contribution is 7.91. The molecular weight excluding hydrogens is 198 g/mol. The van der Waals surface area contributed by atoms with E-state index >= 15 is 0 Å². The number of aromatic amines is 2. The van der Waals surface area contributed by atoms with E-state index in [4.69, 9.17) is 0 Å². The Kier molecular flexibility index (Phi) is 2.32. The number of rotatable bonds is 2. The Morgan fingerprint density at radius 3 is 2.46 bits per heavy atom. The molecule has 0 atom stereocenters. The van der Waals surface area contributed by atoms with Crippen LogP contribution in [0.25, 0.3) is 0 Å². The maximum atomic E-state index is 11.1. The molecule has 2 N–H and O–H groups in total. The van der Waals surface area contributed by atoms with E-state index in [9.17, 15) is 18.0 Å². The number of nitrogens with zero attached hydrogens (tertiary/aromatic N) is 1. The van der Waals surface area contributed by atoms with Gasteiger partial charge >= 0.3 is 5.69 Å². The molecule has 0 unspecified atom stereocenters. The lowest BCUT2D eigenvalue weighted by Gasteiger charge is -1.95. The van der Waals surface area contributed by atoms with Crippen molar-refractivity contribution in [3.63, 3.8) is 0 Å². The first-order chi connectivity index (χ1) is 5.97. The summed E-state index contributed by atoms with van der Waals surface area (Å²) in [6.45, 7) is 1.38. The fourth-order valence-electron chi connectivity index (χ4n) is 0.684. The molecule has 8 heteroatoms. The van der Waals surface area contributed by atoms with Crippen molar-refractivity contribution in [3.05, 3.63) is 20.8 Å². The molecule has 0 spiro atoms. The van der Waals surface area contributed by atoms with Crippen LogP contribution in [0.15, 0.2) is 14.6 Å². The Morgan fingerprint density at radius 2 is 2.00 bits per heavy atom. The van der Waals surface area contributed by atoms with Gasteiger partial charge < -0.3 is 0 Å². The number of aromatic nitrogens is 3. The summed E-state index contributed by atoms with van der Waals surface area (Å²) < 4.78 is 22.3. The molecule has 1 rings (SSSR count). The summed E-state index contributed by atoms with van der Waals surface area (Å²) in [5.41, 5.74) is -1.83. The predicted octanol–water partition coefficient (Wildman–Crippen LogP) is -1.75. The van der Waals surface area contributed by atoms with Gasteiger partial charge in [-0.1, -0.05) is 6.92 Å². The van der Waals surface area contributed by atoms with E-state index in [2.05, 4.69) is 5.10 Å². The summed E-state index contributed by atoms with van der Waals surface area (Å²) in [5.74, 6) is -0.241. The zero-order valence-corrected chi connectivity index (χ0v) is 7.51. The monoisotopic (exact) mass is 205 g/mol. The smallest absolute Gasteiger partial charge is 0.270 e. The van der Waals surface area contributed by atoms with E-state index in [0.29, 0.717) is 0 Å². The Morgan fingerprint density at radius 1 is 1.38 bits per heavy atom. The zero-order chi connectivity index (χ0) is 10.1. The average Bonchev–Trinajstić information content (AvgIpc) is 2.03. The summed E-state index contributed by atoms with van der Waals surface area (Å²) in [7, 11) is -3.67. The molecule has 0 aliphatic heterocycles. The van der Waals surface area contributed by atoms with Gasteiger partial charge in [0.1, 0.15) is 0 Å². The van der Waals surface area contributed by atoms with Crippen LogP contribution < -0.4 is 11.2 Å². The third-order valence-corrected chi connectivity index (χ3v) is 2.98. The number of hydrogen-bond acceptors (Lipinski definition) is 5. The summed E-state index contributed by atoms with van der Waals surface area (Å²) >= 11 is 0. The molecule has 1 aromatic heterocycles. The van der Waals surface area contributed by atoms with Crippen LogP contribution in [0.2, 0.25) is 0 Å². The summed E-state index contributed by atoms with van der Waals surface area (Å²) in [6, 6.07) is 0. The van der Waals surface area contributed by atoms with Gasteiger partial charge in [-0.3, -0.25) is 9.78 Å². The minimum absolute atomic E-state index is 0.241. The number of sulfone groups is 1. The molecule has 0 amide bonds. The second-order valence-corrected chi connectivity index (χ2v) is 4.41. The molecule has 0 aliphatic rings. The van der Waals surface area contributed by atoms with Gasteiger partial charge in [0.2, 0.25) is 14.9 Å². The van der Waals surface area contributed by atoms with Crippen molar-refractivity contribution in [3.8, 4) is 0 Å². The minimum Gasteiger partial charge on any atom is -0.270 e. The molecule has 1 heterocycles. The first-order valence-electron chi connectivity index (χ1n) is 3.39. The van der Waals surface area contributed by atoms with Crippen LogP contribution >= 0.6 is 0 Å². The Hall–Kier alpha value is -1.44. The Labute approximate surface area is 72.7 Å². The quantitative estimate of drug-likeness (QED) is 0.594. The van der Waals surface area contributed by atoms with Crippen molar-refractivity contribution in [1.29, 1.82) is 0 Å². The largest absolute Gasteiger partial charge is 0.342 e. The second kappa shape index (κ2) is 3.13. The molecule has 0 bridgehead atoms. The van der Waals surface area contributed by atoms with Crippen molar-refractivity contribution in [2.75, 3.05) is 5.75 Å². The maximum Gasteiger partial charge on any atom is 0.342 e. The summed E-state index contributed by atoms with van der Waals surface area (Å²) in [5, 5.41) is 4.33. The molecule has 13 heavy (non-hydrogen) atoms. The van der Waals surface area contributed by atoms with Crippen molar-refractivity contribution in [2.24, 2.45) is 0 Å². The lowest BCUT2D eigenvalue weighted by atomic mass is 10.8. The highest BCUT2D eigenvalue weighted by atomic mass is 32.2. The maximum absolute atomic E-state index is 11.1. The van der Waals surface area contributed by atoms with E-state index in [1.807, 2.05) is 5.10 Å². The third-order valence-electron chi connectivity index (χ3n) is 1.35. The van der Waals surface area contributed by atoms with Gasteiger partial charge in [0.15, 0.2) is 0 Å². The van der Waals surface area contributed by atoms with E-state index < -0.39 is 26.1 Å². The third kappa shape index (κ3) is 1.83. The van der Waals surface area contributed by atoms with Crippen LogP contribution in [0.5, 0.6) is 0 Å². The first-order valence-corrected chi connectivity index (χ1v) is 5.04. The molecule has 7 nitrogen and oxygen atoms in total. The molecule has 0 saturated heterocycles. The average molecular weight is 205 g/mol. The Bertz CT molecular complexity index is 511. The number of H-pyrrole nitrogens is 2. The lowest BCUT2D eigenvalue weighted by molar-refractivity contribution is 0.587. The van der Waals surface area contributed by atoms with E-state index in [1.54, 1.807) is 4.98 Å². The highest BCUT2D eigenvalue weighted by Gasteiger charge is 2.18. The van der Waals surface area contributed by atoms with Gasteiger partial charge in [0, 0.05) is 0 Å². The first kappa shape index (κ1) is 9.65. The molecule has 1 aromatic rings. The van der Waals surface area contributed by atoms with Crippen LogP contribution in [-0.4, -0.2) is 29.4 Å². The van der Waals surface area contributed by atoms with Gasteiger partial charge in [-0.15, -0.1) is 0 Å². The van der Waals surface area contributed by atoms with Crippen LogP contribution in [0, 0.1) is 0 Å².